The number of anilines is 2. The second kappa shape index (κ2) is 11.3. The minimum Gasteiger partial charge on any atom is -0.483 e. The van der Waals surface area contributed by atoms with Crippen LogP contribution < -0.4 is 20.7 Å². The molecule has 8 nitrogen and oxygen atoms in total. The van der Waals surface area contributed by atoms with Crippen LogP contribution in [0.1, 0.15) is 15.9 Å². The first kappa shape index (κ1) is 23.3. The number of rotatable bonds is 8. The van der Waals surface area contributed by atoms with E-state index in [2.05, 4.69) is 20.7 Å². The van der Waals surface area contributed by atoms with Gasteiger partial charge in [0.05, 0.1) is 18.4 Å². The fourth-order valence-electron chi connectivity index (χ4n) is 2.82. The van der Waals surface area contributed by atoms with Crippen molar-refractivity contribution in [2.75, 3.05) is 24.4 Å². The molecule has 0 unspecified atom stereocenters. The second-order valence-corrected chi connectivity index (χ2v) is 6.81. The summed E-state index contributed by atoms with van der Waals surface area (Å²) in [5.41, 5.74) is 1.66. The lowest BCUT2D eigenvalue weighted by molar-refractivity contribution is -0.118. The lowest BCUT2D eigenvalue weighted by Crippen LogP contribution is -2.25. The largest absolute Gasteiger partial charge is 0.483 e. The summed E-state index contributed by atoms with van der Waals surface area (Å²) in [5.74, 6) is -1.29. The molecule has 0 bridgehead atoms. The molecule has 0 saturated carbocycles. The third-order valence-corrected chi connectivity index (χ3v) is 4.48. The Hall–Kier alpha value is -4.40. The molecule has 3 amide bonds. The van der Waals surface area contributed by atoms with Gasteiger partial charge in [0.25, 0.3) is 11.8 Å². The van der Waals surface area contributed by atoms with Gasteiger partial charge in [0.2, 0.25) is 0 Å². The van der Waals surface area contributed by atoms with E-state index in [4.69, 9.17) is 4.74 Å². The van der Waals surface area contributed by atoms with E-state index in [-0.39, 0.29) is 23.5 Å². The van der Waals surface area contributed by atoms with Crippen LogP contribution in [0.25, 0.3) is 0 Å². The van der Waals surface area contributed by atoms with Gasteiger partial charge in [-0.1, -0.05) is 36.4 Å². The molecular formula is C24H22FN3O5. The zero-order valence-corrected chi connectivity index (χ0v) is 17.8. The molecule has 0 heterocycles. The molecule has 0 spiro atoms. The van der Waals surface area contributed by atoms with E-state index in [0.717, 1.165) is 5.56 Å². The zero-order chi connectivity index (χ0) is 23.6. The Morgan fingerprint density at radius 3 is 2.30 bits per heavy atom. The minimum atomic E-state index is -0.574. The predicted molar refractivity (Wildman–Crippen MR) is 121 cm³/mol. The van der Waals surface area contributed by atoms with Crippen LogP contribution in [0.3, 0.4) is 0 Å². The number of carbonyl (C=O) groups is 3. The Kier molecular flexibility index (Phi) is 7.96. The predicted octanol–water partition coefficient (Wildman–Crippen LogP) is 3.95. The number of methoxy groups -OCH3 is 1. The van der Waals surface area contributed by atoms with Gasteiger partial charge < -0.3 is 20.1 Å². The van der Waals surface area contributed by atoms with Crippen molar-refractivity contribution in [2.24, 2.45) is 0 Å². The molecule has 0 aliphatic heterocycles. The number of hydrogen-bond acceptors (Lipinski definition) is 5. The SMILES string of the molecule is COC(=O)Nc1ccc(CNC(=O)c2ccccc2OCC(=O)Nc2ccccc2F)cc1. The number of hydrogen-bond donors (Lipinski definition) is 3. The van der Waals surface area contributed by atoms with Crippen molar-refractivity contribution in [3.05, 3.63) is 89.7 Å². The quantitative estimate of drug-likeness (QED) is 0.481. The van der Waals surface area contributed by atoms with Crippen LogP contribution in [0.5, 0.6) is 5.75 Å². The van der Waals surface area contributed by atoms with Crippen molar-refractivity contribution in [1.29, 1.82) is 0 Å². The first-order valence-electron chi connectivity index (χ1n) is 9.94. The Bertz CT molecular complexity index is 1130. The molecule has 0 aliphatic carbocycles. The first-order chi connectivity index (χ1) is 16.0. The maximum absolute atomic E-state index is 13.7. The summed E-state index contributed by atoms with van der Waals surface area (Å²) in [6.07, 6.45) is -0.574. The molecule has 33 heavy (non-hydrogen) atoms. The summed E-state index contributed by atoms with van der Waals surface area (Å²) < 4.78 is 23.7. The van der Waals surface area contributed by atoms with Crippen molar-refractivity contribution in [2.45, 2.75) is 6.54 Å². The smallest absolute Gasteiger partial charge is 0.411 e. The molecule has 3 aromatic rings. The topological polar surface area (TPSA) is 106 Å². The molecular weight excluding hydrogens is 429 g/mol. The third-order valence-electron chi connectivity index (χ3n) is 4.48. The number of amides is 3. The number of para-hydroxylation sites is 2. The van der Waals surface area contributed by atoms with Crippen LogP contribution >= 0.6 is 0 Å². The number of carbonyl (C=O) groups excluding carboxylic acids is 3. The van der Waals surface area contributed by atoms with Gasteiger partial charge in [-0.3, -0.25) is 14.9 Å². The minimum absolute atomic E-state index is 0.0462. The zero-order valence-electron chi connectivity index (χ0n) is 17.8. The Morgan fingerprint density at radius 1 is 0.879 bits per heavy atom. The number of benzene rings is 3. The molecule has 3 rings (SSSR count). The standard InChI is InChI=1S/C24H22FN3O5/c1-32-24(31)27-17-12-10-16(11-13-17)14-26-23(30)18-6-2-5-9-21(18)33-15-22(29)28-20-8-4-3-7-19(20)25/h2-13H,14-15H2,1H3,(H,26,30)(H,27,31)(H,28,29). The van der Waals surface area contributed by atoms with Gasteiger partial charge in [-0.2, -0.15) is 0 Å². The highest BCUT2D eigenvalue weighted by molar-refractivity contribution is 5.97. The second-order valence-electron chi connectivity index (χ2n) is 6.81. The molecule has 0 aromatic heterocycles. The van der Waals surface area contributed by atoms with Crippen molar-refractivity contribution >= 4 is 29.3 Å². The Labute approximate surface area is 189 Å². The number of ether oxygens (including phenoxy) is 2. The van der Waals surface area contributed by atoms with Crippen LogP contribution in [0.15, 0.2) is 72.8 Å². The van der Waals surface area contributed by atoms with Crippen LogP contribution in [0.4, 0.5) is 20.6 Å². The Morgan fingerprint density at radius 2 is 1.58 bits per heavy atom. The van der Waals surface area contributed by atoms with E-state index in [1.165, 1.54) is 25.3 Å². The summed E-state index contributed by atoms with van der Waals surface area (Å²) in [7, 11) is 1.27. The lowest BCUT2D eigenvalue weighted by Gasteiger charge is -2.12. The first-order valence-corrected chi connectivity index (χ1v) is 9.94. The molecule has 170 valence electrons. The van der Waals surface area contributed by atoms with Crippen molar-refractivity contribution in [3.8, 4) is 5.75 Å². The van der Waals surface area contributed by atoms with Gasteiger partial charge in [0, 0.05) is 12.2 Å². The third kappa shape index (κ3) is 6.79. The monoisotopic (exact) mass is 451 g/mol. The molecule has 0 fully saturated rings. The maximum Gasteiger partial charge on any atom is 0.411 e. The molecule has 0 radical (unpaired) electrons. The van der Waals surface area contributed by atoms with Crippen LogP contribution in [0.2, 0.25) is 0 Å². The fourth-order valence-corrected chi connectivity index (χ4v) is 2.82. The average Bonchev–Trinajstić information content (AvgIpc) is 2.83. The lowest BCUT2D eigenvalue weighted by atomic mass is 10.1. The van der Waals surface area contributed by atoms with Gasteiger partial charge in [-0.15, -0.1) is 0 Å². The molecule has 3 N–H and O–H groups in total. The maximum atomic E-state index is 13.7. The van der Waals surface area contributed by atoms with E-state index >= 15 is 0 Å². The molecule has 3 aromatic carbocycles. The highest BCUT2D eigenvalue weighted by atomic mass is 19.1. The highest BCUT2D eigenvalue weighted by Gasteiger charge is 2.14. The normalized spacial score (nSPS) is 10.1. The summed E-state index contributed by atoms with van der Waals surface area (Å²) in [6, 6.07) is 19.2. The molecule has 9 heteroatoms. The van der Waals surface area contributed by atoms with E-state index in [0.29, 0.717) is 5.69 Å². The number of nitrogens with one attached hydrogen (secondary N) is 3. The van der Waals surface area contributed by atoms with Crippen LogP contribution in [-0.2, 0) is 16.1 Å². The Balaban J connectivity index is 1.55. The summed E-state index contributed by atoms with van der Waals surface area (Å²) >= 11 is 0. The van der Waals surface area contributed by atoms with Crippen LogP contribution in [-0.4, -0.2) is 31.6 Å². The van der Waals surface area contributed by atoms with Gasteiger partial charge in [0.1, 0.15) is 11.6 Å². The van der Waals surface area contributed by atoms with E-state index in [1.807, 2.05) is 0 Å². The highest BCUT2D eigenvalue weighted by Crippen LogP contribution is 2.19. The van der Waals surface area contributed by atoms with E-state index < -0.39 is 30.3 Å². The van der Waals surface area contributed by atoms with E-state index in [1.54, 1.807) is 54.6 Å². The van der Waals surface area contributed by atoms with Gasteiger partial charge in [-0.05, 0) is 42.0 Å². The average molecular weight is 451 g/mol. The molecule has 0 aliphatic rings. The summed E-state index contributed by atoms with van der Waals surface area (Å²) in [5, 5.41) is 7.74. The van der Waals surface area contributed by atoms with Gasteiger partial charge in [0.15, 0.2) is 6.61 Å². The molecule has 0 atom stereocenters. The van der Waals surface area contributed by atoms with Crippen molar-refractivity contribution in [3.63, 3.8) is 0 Å². The summed E-state index contributed by atoms with van der Waals surface area (Å²) in [6.45, 7) is -0.160. The van der Waals surface area contributed by atoms with Gasteiger partial charge in [-0.25, -0.2) is 9.18 Å². The van der Waals surface area contributed by atoms with Crippen molar-refractivity contribution < 1.29 is 28.2 Å². The summed E-state index contributed by atoms with van der Waals surface area (Å²) in [4.78, 5) is 36.0. The van der Waals surface area contributed by atoms with E-state index in [9.17, 15) is 18.8 Å². The number of halogens is 1. The fraction of sp³-hybridized carbons (Fsp3) is 0.125. The van der Waals surface area contributed by atoms with Crippen molar-refractivity contribution in [1.82, 2.24) is 5.32 Å². The van der Waals surface area contributed by atoms with Gasteiger partial charge >= 0.3 is 6.09 Å². The molecule has 0 saturated heterocycles. The van der Waals surface area contributed by atoms with Crippen LogP contribution in [0, 0.1) is 5.82 Å².